The summed E-state index contributed by atoms with van der Waals surface area (Å²) < 4.78 is 5.62. The molecule has 0 unspecified atom stereocenters. The van der Waals surface area contributed by atoms with Crippen molar-refractivity contribution in [2.45, 2.75) is 71.1 Å². The molecule has 0 spiro atoms. The average Bonchev–Trinajstić information content (AvgIpc) is 2.85. The van der Waals surface area contributed by atoms with Crippen molar-refractivity contribution in [3.8, 4) is 5.88 Å². The summed E-state index contributed by atoms with van der Waals surface area (Å²) >= 11 is 1.02. The third-order valence-electron chi connectivity index (χ3n) is 3.73. The van der Waals surface area contributed by atoms with Gasteiger partial charge in [-0.2, -0.15) is 0 Å². The number of ether oxygens (including phenoxy) is 1. The van der Waals surface area contributed by atoms with Crippen molar-refractivity contribution >= 4 is 17.4 Å². The number of allylic oxidation sites excluding steroid dienone is 1. The predicted octanol–water partition coefficient (Wildman–Crippen LogP) is 5.09. The maximum atomic E-state index is 11.0. The van der Waals surface area contributed by atoms with E-state index in [-0.39, 0.29) is 10.8 Å². The minimum absolute atomic E-state index is 0.0396. The van der Waals surface area contributed by atoms with Crippen LogP contribution in [-0.2, 0) is 4.74 Å². The summed E-state index contributed by atoms with van der Waals surface area (Å²) in [5, 5.41) is 9.41. The van der Waals surface area contributed by atoms with Gasteiger partial charge in [0.15, 0.2) is 0 Å². The lowest BCUT2D eigenvalue weighted by Crippen LogP contribution is -1.96. The molecule has 1 heterocycles. The predicted molar refractivity (Wildman–Crippen MR) is 98.3 cm³/mol. The first-order valence-corrected chi connectivity index (χ1v) is 9.72. The van der Waals surface area contributed by atoms with Crippen molar-refractivity contribution in [1.29, 1.82) is 0 Å². The Morgan fingerprint density at radius 1 is 1.04 bits per heavy atom. The Bertz CT molecular complexity index is 479. The minimum atomic E-state index is -0.226. The van der Waals surface area contributed by atoms with E-state index >= 15 is 0 Å². The lowest BCUT2D eigenvalue weighted by molar-refractivity contribution is 0.128. The summed E-state index contributed by atoms with van der Waals surface area (Å²) in [4.78, 5) is 13.7. The smallest absolute Gasteiger partial charge is 0.307 e. The van der Waals surface area contributed by atoms with Crippen LogP contribution in [-0.4, -0.2) is 23.3 Å². The van der Waals surface area contributed by atoms with E-state index in [1.165, 1.54) is 44.9 Å². The molecule has 1 rings (SSSR count). The van der Waals surface area contributed by atoms with Crippen LogP contribution in [0.25, 0.3) is 6.08 Å². The molecule has 0 aromatic carbocycles. The molecule has 0 saturated carbocycles. The molecule has 0 amide bonds. The molecule has 0 saturated heterocycles. The van der Waals surface area contributed by atoms with Gasteiger partial charge in [0.2, 0.25) is 5.88 Å². The van der Waals surface area contributed by atoms with Gasteiger partial charge >= 0.3 is 4.87 Å². The fourth-order valence-corrected chi connectivity index (χ4v) is 3.04. The second-order valence-corrected chi connectivity index (χ2v) is 6.87. The molecule has 0 radical (unpaired) electrons. The molecule has 2 N–H and O–H groups in total. The lowest BCUT2D eigenvalue weighted by atomic mass is 10.1. The number of H-pyrrole nitrogens is 1. The van der Waals surface area contributed by atoms with Crippen LogP contribution in [0.2, 0.25) is 0 Å². The molecule has 23 heavy (non-hydrogen) atoms. The maximum Gasteiger partial charge on any atom is 0.307 e. The number of aromatic amines is 1. The van der Waals surface area contributed by atoms with Gasteiger partial charge in [-0.1, -0.05) is 69.3 Å². The Balaban J connectivity index is 1.86. The van der Waals surface area contributed by atoms with Gasteiger partial charge in [-0.25, -0.2) is 0 Å². The van der Waals surface area contributed by atoms with Gasteiger partial charge in [-0.05, 0) is 25.3 Å². The largest absolute Gasteiger partial charge is 0.493 e. The van der Waals surface area contributed by atoms with Gasteiger partial charge < -0.3 is 9.84 Å². The summed E-state index contributed by atoms with van der Waals surface area (Å²) in [6, 6.07) is 0. The maximum absolute atomic E-state index is 11.0. The van der Waals surface area contributed by atoms with Crippen LogP contribution >= 0.6 is 11.3 Å². The van der Waals surface area contributed by atoms with E-state index in [9.17, 15) is 9.90 Å². The number of thiazole rings is 1. The molecule has 0 atom stereocenters. The molecule has 0 aliphatic heterocycles. The summed E-state index contributed by atoms with van der Waals surface area (Å²) in [6.45, 7) is 3.88. The fourth-order valence-electron chi connectivity index (χ4n) is 2.38. The second-order valence-electron chi connectivity index (χ2n) is 5.86. The zero-order valence-corrected chi connectivity index (χ0v) is 15.1. The zero-order valence-electron chi connectivity index (χ0n) is 14.3. The van der Waals surface area contributed by atoms with Crippen LogP contribution in [0.3, 0.4) is 0 Å². The number of nitrogens with one attached hydrogen (secondary N) is 1. The van der Waals surface area contributed by atoms with Crippen molar-refractivity contribution in [2.75, 3.05) is 13.2 Å². The monoisotopic (exact) mass is 341 g/mol. The van der Waals surface area contributed by atoms with Crippen LogP contribution in [0.15, 0.2) is 10.9 Å². The summed E-state index contributed by atoms with van der Waals surface area (Å²) in [5.41, 5.74) is 0. The number of rotatable bonds is 14. The van der Waals surface area contributed by atoms with E-state index in [0.717, 1.165) is 43.8 Å². The van der Waals surface area contributed by atoms with E-state index in [1.54, 1.807) is 6.08 Å². The molecule has 0 aliphatic carbocycles. The van der Waals surface area contributed by atoms with E-state index in [2.05, 4.69) is 11.9 Å². The highest BCUT2D eigenvalue weighted by Gasteiger charge is 2.01. The number of hydrogen-bond acceptors (Lipinski definition) is 4. The number of aromatic hydroxyl groups is 1. The molecule has 5 heteroatoms. The number of hydrogen-bond donors (Lipinski definition) is 2. The molecule has 4 nitrogen and oxygen atoms in total. The average molecular weight is 342 g/mol. The van der Waals surface area contributed by atoms with Crippen molar-refractivity contribution < 1.29 is 9.84 Å². The first-order valence-electron chi connectivity index (χ1n) is 8.90. The SMILES string of the molecule is CCCCCCCCCCOCCCC=Cc1sc(=O)[nH]c1O. The van der Waals surface area contributed by atoms with Crippen molar-refractivity contribution in [1.82, 2.24) is 4.98 Å². The van der Waals surface area contributed by atoms with Gasteiger partial charge in [0.05, 0.1) is 4.88 Å². The second kappa shape index (κ2) is 13.4. The minimum Gasteiger partial charge on any atom is -0.493 e. The Hall–Kier alpha value is -1.07. The zero-order chi connectivity index (χ0) is 16.8. The Labute approximate surface area is 143 Å². The normalized spacial score (nSPS) is 11.5. The standard InChI is InChI=1S/C18H31NO3S/c1-2-3-4-5-6-7-8-11-14-22-15-12-9-10-13-16-17(20)19-18(21)23-16/h10,13,20H,2-9,11-12,14-15H2,1H3,(H,19,21). The highest BCUT2D eigenvalue weighted by molar-refractivity contribution is 7.10. The van der Waals surface area contributed by atoms with Crippen LogP contribution in [0.4, 0.5) is 0 Å². The fraction of sp³-hybridized carbons (Fsp3) is 0.722. The molecule has 0 bridgehead atoms. The Morgan fingerprint density at radius 3 is 2.35 bits per heavy atom. The quantitative estimate of drug-likeness (QED) is 0.463. The van der Waals surface area contributed by atoms with E-state index in [0.29, 0.717) is 4.88 Å². The van der Waals surface area contributed by atoms with Crippen molar-refractivity contribution in [3.63, 3.8) is 0 Å². The first kappa shape index (κ1) is 20.0. The molecule has 132 valence electrons. The molecule has 1 aromatic heterocycles. The van der Waals surface area contributed by atoms with Crippen LogP contribution < -0.4 is 4.87 Å². The van der Waals surface area contributed by atoms with Gasteiger partial charge in [-0.3, -0.25) is 9.78 Å². The molecule has 0 fully saturated rings. The van der Waals surface area contributed by atoms with E-state index in [1.807, 2.05) is 6.08 Å². The number of aromatic nitrogens is 1. The molecule has 0 aliphatic rings. The Kier molecular flexibility index (Phi) is 11.6. The van der Waals surface area contributed by atoms with E-state index in [4.69, 9.17) is 4.74 Å². The topological polar surface area (TPSA) is 62.3 Å². The third-order valence-corrected chi connectivity index (χ3v) is 4.56. The van der Waals surface area contributed by atoms with E-state index < -0.39 is 0 Å². The molecule has 1 aromatic rings. The summed E-state index contributed by atoms with van der Waals surface area (Å²) in [6.07, 6.45) is 16.2. The first-order chi connectivity index (χ1) is 11.2. The van der Waals surface area contributed by atoms with Crippen LogP contribution in [0, 0.1) is 0 Å². The highest BCUT2D eigenvalue weighted by atomic mass is 32.1. The molecular weight excluding hydrogens is 310 g/mol. The van der Waals surface area contributed by atoms with Gasteiger partial charge in [0, 0.05) is 13.2 Å². The van der Waals surface area contributed by atoms with Crippen molar-refractivity contribution in [3.05, 3.63) is 20.6 Å². The van der Waals surface area contributed by atoms with Crippen LogP contribution in [0.1, 0.15) is 76.0 Å². The Morgan fingerprint density at radius 2 is 1.70 bits per heavy atom. The number of unbranched alkanes of at least 4 members (excludes halogenated alkanes) is 8. The van der Waals surface area contributed by atoms with Gasteiger partial charge in [0.1, 0.15) is 0 Å². The third kappa shape index (κ3) is 10.3. The molecular formula is C18H31NO3S. The summed E-state index contributed by atoms with van der Waals surface area (Å²) in [5.74, 6) is -0.0396. The highest BCUT2D eigenvalue weighted by Crippen LogP contribution is 2.17. The summed E-state index contributed by atoms with van der Waals surface area (Å²) in [7, 11) is 0. The van der Waals surface area contributed by atoms with Gasteiger partial charge in [0.25, 0.3) is 0 Å². The lowest BCUT2D eigenvalue weighted by Gasteiger charge is -2.03. The van der Waals surface area contributed by atoms with Gasteiger partial charge in [-0.15, -0.1) is 0 Å². The van der Waals surface area contributed by atoms with Crippen molar-refractivity contribution in [2.24, 2.45) is 0 Å². The van der Waals surface area contributed by atoms with Crippen LogP contribution in [0.5, 0.6) is 5.88 Å².